The molecule has 0 atom stereocenters. The smallest absolute Gasteiger partial charge is 0.269 e. The van der Waals surface area contributed by atoms with Crippen molar-refractivity contribution in [3.8, 4) is 17.0 Å². The molecule has 0 saturated heterocycles. The largest absolute Gasteiger partial charge is 0.496 e. The maximum absolute atomic E-state index is 12.1. The molecule has 0 radical (unpaired) electrons. The van der Waals surface area contributed by atoms with E-state index >= 15 is 0 Å². The van der Waals surface area contributed by atoms with Gasteiger partial charge in [0.15, 0.2) is 6.29 Å². The van der Waals surface area contributed by atoms with E-state index in [1.54, 1.807) is 13.2 Å². The van der Waals surface area contributed by atoms with E-state index in [4.69, 9.17) is 14.2 Å². The van der Waals surface area contributed by atoms with E-state index in [1.165, 1.54) is 14.2 Å². The molecular formula is C15H19N3O4. The molecule has 0 fully saturated rings. The molecule has 1 aromatic heterocycles. The quantitative estimate of drug-likeness (QED) is 0.756. The van der Waals surface area contributed by atoms with E-state index in [0.717, 1.165) is 5.56 Å². The molecule has 0 bridgehead atoms. The van der Waals surface area contributed by atoms with Crippen molar-refractivity contribution in [2.75, 3.05) is 27.9 Å². The molecular weight excluding hydrogens is 286 g/mol. The van der Waals surface area contributed by atoms with Gasteiger partial charge in [-0.25, -0.2) is 0 Å². The zero-order valence-corrected chi connectivity index (χ0v) is 12.8. The summed E-state index contributed by atoms with van der Waals surface area (Å²) in [7, 11) is 4.61. The van der Waals surface area contributed by atoms with Gasteiger partial charge < -0.3 is 19.5 Å². The molecule has 2 aromatic rings. The van der Waals surface area contributed by atoms with Crippen LogP contribution in [0.15, 0.2) is 30.3 Å². The molecule has 0 unspecified atom stereocenters. The molecule has 1 heterocycles. The molecule has 1 amide bonds. The first-order valence-electron chi connectivity index (χ1n) is 6.72. The van der Waals surface area contributed by atoms with Crippen molar-refractivity contribution in [2.45, 2.75) is 6.29 Å². The van der Waals surface area contributed by atoms with Crippen LogP contribution in [0.3, 0.4) is 0 Å². The Balaban J connectivity index is 2.09. The Morgan fingerprint density at radius 2 is 2.00 bits per heavy atom. The van der Waals surface area contributed by atoms with Crippen LogP contribution in [-0.4, -0.2) is 50.3 Å². The Morgan fingerprint density at radius 3 is 2.68 bits per heavy atom. The maximum atomic E-state index is 12.1. The first-order chi connectivity index (χ1) is 10.7. The van der Waals surface area contributed by atoms with Gasteiger partial charge in [-0.05, 0) is 18.2 Å². The van der Waals surface area contributed by atoms with Crippen LogP contribution in [0, 0.1) is 0 Å². The molecule has 0 saturated carbocycles. The van der Waals surface area contributed by atoms with E-state index in [9.17, 15) is 4.79 Å². The number of benzene rings is 1. The van der Waals surface area contributed by atoms with Gasteiger partial charge in [0.25, 0.3) is 5.91 Å². The molecule has 7 heteroatoms. The van der Waals surface area contributed by atoms with Gasteiger partial charge in [0.2, 0.25) is 0 Å². The summed E-state index contributed by atoms with van der Waals surface area (Å²) >= 11 is 0. The highest BCUT2D eigenvalue weighted by Gasteiger charge is 2.14. The number of ether oxygens (including phenoxy) is 3. The van der Waals surface area contributed by atoms with Crippen molar-refractivity contribution in [1.82, 2.24) is 15.5 Å². The number of nitrogens with zero attached hydrogens (tertiary/aromatic N) is 1. The fraction of sp³-hybridized carbons (Fsp3) is 0.333. The Hall–Kier alpha value is -2.38. The van der Waals surface area contributed by atoms with Gasteiger partial charge in [-0.3, -0.25) is 9.89 Å². The van der Waals surface area contributed by atoms with Gasteiger partial charge in [-0.15, -0.1) is 0 Å². The lowest BCUT2D eigenvalue weighted by Crippen LogP contribution is -2.34. The van der Waals surface area contributed by atoms with Gasteiger partial charge in [-0.1, -0.05) is 12.1 Å². The number of para-hydroxylation sites is 1. The van der Waals surface area contributed by atoms with Gasteiger partial charge in [0, 0.05) is 19.8 Å². The molecule has 118 valence electrons. The van der Waals surface area contributed by atoms with Crippen molar-refractivity contribution >= 4 is 5.91 Å². The van der Waals surface area contributed by atoms with E-state index in [-0.39, 0.29) is 12.5 Å². The molecule has 0 aliphatic heterocycles. The Bertz CT molecular complexity index is 623. The predicted molar refractivity (Wildman–Crippen MR) is 80.7 cm³/mol. The topological polar surface area (TPSA) is 85.5 Å². The second-order valence-corrected chi connectivity index (χ2v) is 4.48. The monoisotopic (exact) mass is 305 g/mol. The zero-order valence-electron chi connectivity index (χ0n) is 12.8. The average Bonchev–Trinajstić information content (AvgIpc) is 3.05. The molecule has 1 aromatic carbocycles. The first kappa shape index (κ1) is 16.0. The third-order valence-corrected chi connectivity index (χ3v) is 3.16. The van der Waals surface area contributed by atoms with Crippen LogP contribution >= 0.6 is 0 Å². The third-order valence-electron chi connectivity index (χ3n) is 3.16. The number of methoxy groups -OCH3 is 3. The summed E-state index contributed by atoms with van der Waals surface area (Å²) in [6.07, 6.45) is -0.486. The summed E-state index contributed by atoms with van der Waals surface area (Å²) in [6.45, 7) is 0.245. The van der Waals surface area contributed by atoms with Crippen LogP contribution in [0.2, 0.25) is 0 Å². The Kier molecular flexibility index (Phi) is 5.51. The summed E-state index contributed by atoms with van der Waals surface area (Å²) in [4.78, 5) is 12.1. The number of aromatic amines is 1. The van der Waals surface area contributed by atoms with E-state index < -0.39 is 6.29 Å². The lowest BCUT2D eigenvalue weighted by atomic mass is 10.1. The molecule has 0 aliphatic rings. The van der Waals surface area contributed by atoms with Gasteiger partial charge >= 0.3 is 0 Å². The molecule has 2 rings (SSSR count). The zero-order chi connectivity index (χ0) is 15.9. The second-order valence-electron chi connectivity index (χ2n) is 4.48. The number of hydrogen-bond donors (Lipinski definition) is 2. The minimum absolute atomic E-state index is 0.245. The number of hydrogen-bond acceptors (Lipinski definition) is 5. The number of rotatable bonds is 7. The second kappa shape index (κ2) is 7.58. The van der Waals surface area contributed by atoms with Crippen molar-refractivity contribution < 1.29 is 19.0 Å². The molecule has 22 heavy (non-hydrogen) atoms. The fourth-order valence-corrected chi connectivity index (χ4v) is 1.97. The van der Waals surface area contributed by atoms with Crippen molar-refractivity contribution in [3.63, 3.8) is 0 Å². The van der Waals surface area contributed by atoms with Crippen molar-refractivity contribution in [2.24, 2.45) is 0 Å². The number of carbonyl (C=O) groups is 1. The van der Waals surface area contributed by atoms with Gasteiger partial charge in [0.1, 0.15) is 11.4 Å². The molecule has 2 N–H and O–H groups in total. The van der Waals surface area contributed by atoms with Gasteiger partial charge in [-0.2, -0.15) is 5.10 Å². The lowest BCUT2D eigenvalue weighted by molar-refractivity contribution is -0.0974. The summed E-state index contributed by atoms with van der Waals surface area (Å²) in [5.74, 6) is 0.410. The molecule has 7 nitrogen and oxygen atoms in total. The number of aromatic nitrogens is 2. The third kappa shape index (κ3) is 3.63. The highest BCUT2D eigenvalue weighted by atomic mass is 16.7. The number of carbonyl (C=O) groups excluding carboxylic acids is 1. The van der Waals surface area contributed by atoms with Crippen LogP contribution in [-0.2, 0) is 9.47 Å². The van der Waals surface area contributed by atoms with Gasteiger partial charge in [0.05, 0.1) is 19.3 Å². The van der Waals surface area contributed by atoms with Crippen LogP contribution in [0.4, 0.5) is 0 Å². The fourth-order valence-electron chi connectivity index (χ4n) is 1.97. The van der Waals surface area contributed by atoms with Crippen LogP contribution in [0.25, 0.3) is 11.3 Å². The minimum atomic E-state index is -0.486. The normalized spacial score (nSPS) is 10.7. The predicted octanol–water partition coefficient (Wildman–Crippen LogP) is 1.43. The summed E-state index contributed by atoms with van der Waals surface area (Å²) < 4.78 is 15.3. The molecule has 0 aliphatic carbocycles. The van der Waals surface area contributed by atoms with Crippen LogP contribution < -0.4 is 10.1 Å². The summed E-state index contributed by atoms with van der Waals surface area (Å²) in [5, 5.41) is 9.57. The standard InChI is InChI=1S/C15H19N3O4/c1-20-13-7-5-4-6-10(13)11-8-12(18-17-11)15(19)16-9-14(21-2)22-3/h4-8,14H,9H2,1-3H3,(H,16,19)(H,17,18). The van der Waals surface area contributed by atoms with Crippen molar-refractivity contribution in [3.05, 3.63) is 36.0 Å². The number of H-pyrrole nitrogens is 1. The van der Waals surface area contributed by atoms with E-state index in [0.29, 0.717) is 17.1 Å². The Morgan fingerprint density at radius 1 is 1.27 bits per heavy atom. The van der Waals surface area contributed by atoms with Crippen molar-refractivity contribution in [1.29, 1.82) is 0 Å². The highest BCUT2D eigenvalue weighted by molar-refractivity contribution is 5.93. The van der Waals surface area contributed by atoms with Crippen LogP contribution in [0.5, 0.6) is 5.75 Å². The van der Waals surface area contributed by atoms with E-state index in [2.05, 4.69) is 15.5 Å². The summed E-state index contributed by atoms with van der Waals surface area (Å²) in [5.41, 5.74) is 1.80. The number of amides is 1. The average molecular weight is 305 g/mol. The first-order valence-corrected chi connectivity index (χ1v) is 6.72. The summed E-state index contributed by atoms with van der Waals surface area (Å²) in [6, 6.07) is 9.14. The van der Waals surface area contributed by atoms with E-state index in [1.807, 2.05) is 24.3 Å². The highest BCUT2D eigenvalue weighted by Crippen LogP contribution is 2.28. The van der Waals surface area contributed by atoms with Crippen LogP contribution in [0.1, 0.15) is 10.5 Å². The number of nitrogens with one attached hydrogen (secondary N) is 2. The molecule has 0 spiro atoms. The minimum Gasteiger partial charge on any atom is -0.496 e. The Labute approximate surface area is 128 Å². The maximum Gasteiger partial charge on any atom is 0.269 e. The lowest BCUT2D eigenvalue weighted by Gasteiger charge is -2.13. The SMILES string of the molecule is COc1ccccc1-c1cc(C(=O)NCC(OC)OC)[nH]n1.